The summed E-state index contributed by atoms with van der Waals surface area (Å²) in [6.07, 6.45) is 11.3. The number of hydrogen-bond donors (Lipinski definition) is 4. The first-order chi connectivity index (χ1) is 39.2. The topological polar surface area (TPSA) is 252 Å². The number of amides is 1. The Morgan fingerprint density at radius 2 is 1.46 bits per heavy atom. The fraction of sp³-hybridized carbons (Fsp3) is 0.787. The highest BCUT2D eigenvalue weighted by Crippen LogP contribution is 2.38. The number of piperidine rings is 1. The van der Waals surface area contributed by atoms with Crippen molar-refractivity contribution in [3.05, 3.63) is 47.6 Å². The summed E-state index contributed by atoms with van der Waals surface area (Å²) < 4.78 is 64.1. The molecule has 0 aromatic rings. The van der Waals surface area contributed by atoms with Crippen LogP contribution in [0, 0.1) is 29.6 Å². The molecular formula is C61H101N3O17S. The van der Waals surface area contributed by atoms with Crippen molar-refractivity contribution in [1.82, 2.24) is 10.2 Å². The number of ketones is 2. The van der Waals surface area contributed by atoms with Crippen LogP contribution in [0.25, 0.3) is 0 Å². The zero-order chi connectivity index (χ0) is 60.4. The average Bonchev–Trinajstić information content (AvgIpc) is 3.47. The van der Waals surface area contributed by atoms with Crippen molar-refractivity contribution < 1.29 is 81.5 Å². The molecule has 82 heavy (non-hydrogen) atoms. The van der Waals surface area contributed by atoms with Gasteiger partial charge in [-0.3, -0.25) is 14.4 Å². The predicted octanol–water partition coefficient (Wildman–Crippen LogP) is 5.91. The highest BCUT2D eigenvalue weighted by molar-refractivity contribution is 7.80. The molecule has 3 heterocycles. The minimum atomic E-state index is -2.44. The number of aliphatic hydroxyl groups excluding tert-OH is 1. The lowest BCUT2D eigenvalue weighted by Crippen LogP contribution is -2.61. The number of cyclic esters (lactones) is 1. The van der Waals surface area contributed by atoms with Crippen LogP contribution in [0.3, 0.4) is 0 Å². The molecule has 0 aromatic heterocycles. The second-order valence-corrected chi connectivity index (χ2v) is 23.2. The van der Waals surface area contributed by atoms with Crippen LogP contribution in [0.5, 0.6) is 0 Å². The molecular weight excluding hydrogens is 1080 g/mol. The second kappa shape index (κ2) is 37.1. The molecule has 2 saturated heterocycles. The largest absolute Gasteiger partial charge is 0.465 e. The third-order valence-corrected chi connectivity index (χ3v) is 16.8. The normalized spacial score (nSPS) is 35.3. The Bertz CT molecular complexity index is 2090. The third kappa shape index (κ3) is 22.1. The number of hydrogen-bond acceptors (Lipinski definition) is 19. The quantitative estimate of drug-likeness (QED) is 0.0363. The number of Topliss-reactive ketones (excluding diaryl/α,β-unsaturated/α-hetero) is 2. The van der Waals surface area contributed by atoms with Gasteiger partial charge in [-0.05, 0) is 113 Å². The number of carbonyl (C=O) groups is 4. The molecule has 20 nitrogen and oxygen atoms in total. The first kappa shape index (κ1) is 70.9. The summed E-state index contributed by atoms with van der Waals surface area (Å²) in [7, 11) is 7.80. The Kier molecular flexibility index (Phi) is 32.1. The van der Waals surface area contributed by atoms with Crippen molar-refractivity contribution in [3.63, 3.8) is 0 Å². The van der Waals surface area contributed by atoms with Crippen molar-refractivity contribution in [3.8, 4) is 0 Å². The Hall–Kier alpha value is -3.55. The highest BCUT2D eigenvalue weighted by Gasteiger charge is 2.53. The lowest BCUT2D eigenvalue weighted by Gasteiger charge is -2.43. The van der Waals surface area contributed by atoms with Crippen molar-refractivity contribution in [1.29, 1.82) is 0 Å². The van der Waals surface area contributed by atoms with Crippen LogP contribution in [0.4, 0.5) is 0 Å². The lowest BCUT2D eigenvalue weighted by molar-refractivity contribution is -0.265. The van der Waals surface area contributed by atoms with Crippen LogP contribution in [-0.4, -0.2) is 205 Å². The number of nitrogens with zero attached hydrogens (tertiary/aromatic N) is 1. The summed E-state index contributed by atoms with van der Waals surface area (Å²) in [6, 6.07) is -1.89. The van der Waals surface area contributed by atoms with E-state index in [0.717, 1.165) is 5.57 Å². The number of nitrogens with two attached hydrogens (primary N) is 1. The number of thiocarbonyl (C=S) groups is 1. The molecule has 0 aromatic carbocycles. The molecule has 1 aliphatic carbocycles. The summed E-state index contributed by atoms with van der Waals surface area (Å²) in [4.78, 5) is 58.8. The van der Waals surface area contributed by atoms with Gasteiger partial charge >= 0.3 is 5.97 Å². The van der Waals surface area contributed by atoms with E-state index in [0.29, 0.717) is 123 Å². The number of nitrogens with one attached hydrogen (secondary N) is 1. The van der Waals surface area contributed by atoms with Crippen molar-refractivity contribution in [2.75, 3.05) is 94.9 Å². The molecule has 0 unspecified atom stereocenters. The van der Waals surface area contributed by atoms with E-state index in [-0.39, 0.29) is 54.4 Å². The van der Waals surface area contributed by atoms with E-state index in [1.54, 1.807) is 42.3 Å². The van der Waals surface area contributed by atoms with Gasteiger partial charge in [0, 0.05) is 85.3 Å². The fourth-order valence-electron chi connectivity index (χ4n) is 11.5. The Labute approximate surface area is 493 Å². The third-order valence-electron chi connectivity index (χ3n) is 16.6. The average molecular weight is 1180 g/mol. The van der Waals surface area contributed by atoms with E-state index < -0.39 is 89.9 Å². The summed E-state index contributed by atoms with van der Waals surface area (Å²) in [5, 5.41) is 27.1. The van der Waals surface area contributed by atoms with Gasteiger partial charge in [0.2, 0.25) is 5.79 Å². The Morgan fingerprint density at radius 3 is 2.12 bits per heavy atom. The van der Waals surface area contributed by atoms with Crippen molar-refractivity contribution in [2.45, 2.75) is 185 Å². The molecule has 4 rings (SSSR count). The molecule has 5 N–H and O–H groups in total. The number of rotatable bonds is 20. The highest BCUT2D eigenvalue weighted by atomic mass is 32.1. The van der Waals surface area contributed by atoms with Gasteiger partial charge in [0.05, 0.1) is 70.7 Å². The number of fused-ring (bicyclic) bond motifs is 3. The number of allylic oxidation sites excluding steroid dienone is 5. The maximum absolute atomic E-state index is 14.7. The van der Waals surface area contributed by atoms with E-state index in [9.17, 15) is 29.4 Å². The van der Waals surface area contributed by atoms with Gasteiger partial charge in [-0.1, -0.05) is 64.2 Å². The number of carbonyl (C=O) groups excluding carboxylic acids is 4. The van der Waals surface area contributed by atoms with Gasteiger partial charge in [-0.25, -0.2) is 4.79 Å². The molecule has 0 spiro atoms. The van der Waals surface area contributed by atoms with Crippen LogP contribution < -0.4 is 11.1 Å². The molecule has 0 radical (unpaired) electrons. The van der Waals surface area contributed by atoms with Crippen LogP contribution >= 0.6 is 12.2 Å². The van der Waals surface area contributed by atoms with E-state index in [4.69, 9.17) is 70.1 Å². The number of aliphatic hydroxyl groups is 2. The smallest absolute Gasteiger partial charge is 0.329 e. The van der Waals surface area contributed by atoms with Gasteiger partial charge in [0.25, 0.3) is 16.9 Å². The van der Waals surface area contributed by atoms with Crippen LogP contribution in [-0.2, 0) is 71.3 Å². The molecule has 16 atom stereocenters. The van der Waals surface area contributed by atoms with Crippen LogP contribution in [0.2, 0.25) is 0 Å². The van der Waals surface area contributed by atoms with Crippen LogP contribution in [0.1, 0.15) is 119 Å². The summed E-state index contributed by atoms with van der Waals surface area (Å²) in [5.74, 6) is -7.07. The molecule has 2 bridgehead atoms. The lowest BCUT2D eigenvalue weighted by atomic mass is 9.80. The molecule has 4 aliphatic rings. The van der Waals surface area contributed by atoms with Gasteiger partial charge in [0.1, 0.15) is 30.5 Å². The Balaban J connectivity index is 1.57. The van der Waals surface area contributed by atoms with E-state index in [2.05, 4.69) is 5.32 Å². The Morgan fingerprint density at radius 1 is 0.780 bits per heavy atom. The number of esters is 1. The predicted molar refractivity (Wildman–Crippen MR) is 314 cm³/mol. The monoisotopic (exact) mass is 1180 g/mol. The zero-order valence-electron chi connectivity index (χ0n) is 50.9. The molecule has 3 aliphatic heterocycles. The van der Waals surface area contributed by atoms with Crippen molar-refractivity contribution in [2.24, 2.45) is 35.3 Å². The van der Waals surface area contributed by atoms with Gasteiger partial charge < -0.3 is 78.3 Å². The zero-order valence-corrected chi connectivity index (χ0v) is 51.7. The minimum Gasteiger partial charge on any atom is -0.465 e. The molecule has 3 fully saturated rings. The fourth-order valence-corrected chi connectivity index (χ4v) is 11.8. The maximum Gasteiger partial charge on any atom is 0.329 e. The maximum atomic E-state index is 14.7. The second-order valence-electron chi connectivity index (χ2n) is 22.8. The van der Waals surface area contributed by atoms with Gasteiger partial charge in [-0.15, -0.1) is 0 Å². The van der Waals surface area contributed by atoms with E-state index >= 15 is 0 Å². The van der Waals surface area contributed by atoms with E-state index in [1.165, 1.54) is 12.0 Å². The first-order valence-electron chi connectivity index (χ1n) is 29.6. The number of methoxy groups -OCH3 is 5. The van der Waals surface area contributed by atoms with Gasteiger partial charge in [-0.2, -0.15) is 0 Å². The minimum absolute atomic E-state index is 0.0196. The first-order valence-corrected chi connectivity index (χ1v) is 30.0. The molecule has 21 heteroatoms. The SMILES string of the molecule is COCCOCCOCCOCCNC(=S)O[C@@H]1CC[C@@H](C[C@@H](N)[C@@H]2C[C@@H](OC)[C@H](C)/C=C(\C)[C@@H](O)[C@@H](OC)C(=O)[C@H](C)C[C@H](C)/C=C/C=C/C=C(\C)[C@@H](OC)C[C@@H]3CC[C@@H](C)[C@@](O)(O3)C(=O)C(=O)N3CCCC[C@H]3C(=O)O2)C[C@H]1OC. The van der Waals surface area contributed by atoms with E-state index in [1.807, 2.05) is 64.2 Å². The standard InChI is InChI=1S/C61H101N3O17S/c1-39-17-13-12-14-18-40(2)50(72-8)37-46-22-20-44(6)61(70,81-46)57(67)58(68)64-25-16-15-19-48(64)59(69)79-52(38-51(73-9)41(3)34-43(5)55(66)56(75-11)54(65)42(4)33-39)47(62)35-45-21-23-49(53(36-45)74-10)80-60(82)63-24-26-76-29-30-78-32-31-77-28-27-71-7/h12-14,17-18,34,39,41-42,44-53,55-56,66,70H,15-16,19-33,35-38,62H2,1-11H3,(H,63,82)/b14-12+,17-13+,40-18+,43-34+/t39-,41-,42-,44-,45+,46+,47-,48+,49-,50+,51-,52+,53-,55-,56+,61-/m1/s1. The van der Waals surface area contributed by atoms with Crippen LogP contribution in [0.15, 0.2) is 47.6 Å². The van der Waals surface area contributed by atoms with Crippen molar-refractivity contribution >= 4 is 40.8 Å². The molecule has 1 amide bonds. The van der Waals surface area contributed by atoms with Gasteiger partial charge in [0.15, 0.2) is 5.78 Å². The number of ether oxygens (including phenoxy) is 11. The molecule has 1 saturated carbocycles. The summed E-state index contributed by atoms with van der Waals surface area (Å²) in [6.45, 7) is 14.9. The summed E-state index contributed by atoms with van der Waals surface area (Å²) in [5.41, 5.74) is 8.55. The summed E-state index contributed by atoms with van der Waals surface area (Å²) >= 11 is 5.55. The molecule has 468 valence electrons.